The maximum absolute atomic E-state index is 11.3. The van der Waals surface area contributed by atoms with Crippen molar-refractivity contribution in [3.05, 3.63) is 22.8 Å². The number of nitrogens with one attached hydrogen (secondary N) is 1. The molecule has 1 aromatic heterocycles. The Morgan fingerprint density at radius 2 is 2.17 bits per heavy atom. The van der Waals surface area contributed by atoms with Crippen LogP contribution in [-0.2, 0) is 13.0 Å². The predicted molar refractivity (Wildman–Crippen MR) is 65.5 cm³/mol. The molecule has 1 aliphatic carbocycles. The summed E-state index contributed by atoms with van der Waals surface area (Å²) in [4.78, 5) is 20.2. The van der Waals surface area contributed by atoms with Crippen molar-refractivity contribution >= 4 is 5.97 Å². The van der Waals surface area contributed by atoms with E-state index in [0.717, 1.165) is 36.5 Å². The first-order valence-corrected chi connectivity index (χ1v) is 6.33. The van der Waals surface area contributed by atoms with Crippen molar-refractivity contribution in [3.63, 3.8) is 0 Å². The highest BCUT2D eigenvalue weighted by atomic mass is 16.4. The van der Waals surface area contributed by atoms with Gasteiger partial charge >= 0.3 is 5.97 Å². The number of fused-ring (bicyclic) bond motifs is 1. The molecule has 2 N–H and O–H groups in total. The van der Waals surface area contributed by atoms with Crippen LogP contribution in [0.4, 0.5) is 0 Å². The van der Waals surface area contributed by atoms with Crippen molar-refractivity contribution in [2.45, 2.75) is 39.2 Å². The molecule has 5 heteroatoms. The molecule has 1 atom stereocenters. The monoisotopic (exact) mass is 247 g/mol. The van der Waals surface area contributed by atoms with Gasteiger partial charge in [0, 0.05) is 31.0 Å². The Morgan fingerprint density at radius 1 is 1.44 bits per heavy atom. The molecule has 0 radical (unpaired) electrons. The second kappa shape index (κ2) is 3.75. The van der Waals surface area contributed by atoms with E-state index in [1.807, 2.05) is 0 Å². The summed E-state index contributed by atoms with van der Waals surface area (Å²) in [6, 6.07) is 0. The summed E-state index contributed by atoms with van der Waals surface area (Å²) in [6.45, 7) is 5.76. The Kier molecular flexibility index (Phi) is 2.41. The first-order chi connectivity index (χ1) is 8.49. The van der Waals surface area contributed by atoms with Crippen molar-refractivity contribution in [1.82, 2.24) is 15.3 Å². The number of rotatable bonds is 2. The van der Waals surface area contributed by atoms with Gasteiger partial charge in [-0.05, 0) is 11.8 Å². The van der Waals surface area contributed by atoms with Gasteiger partial charge in [-0.25, -0.2) is 14.8 Å². The van der Waals surface area contributed by atoms with E-state index in [2.05, 4.69) is 29.1 Å². The smallest absolute Gasteiger partial charge is 0.354 e. The van der Waals surface area contributed by atoms with Crippen LogP contribution in [-0.4, -0.2) is 27.6 Å². The molecule has 0 amide bonds. The molecule has 1 aliphatic heterocycles. The van der Waals surface area contributed by atoms with Gasteiger partial charge in [-0.2, -0.15) is 0 Å². The third kappa shape index (κ3) is 1.79. The van der Waals surface area contributed by atoms with Crippen LogP contribution < -0.4 is 5.32 Å². The minimum atomic E-state index is -0.947. The number of hydrogen-bond acceptors (Lipinski definition) is 4. The summed E-state index contributed by atoms with van der Waals surface area (Å²) < 4.78 is 0. The highest BCUT2D eigenvalue weighted by Crippen LogP contribution is 2.57. The Bertz CT molecular complexity index is 525. The van der Waals surface area contributed by atoms with Gasteiger partial charge in [0.05, 0.1) is 5.69 Å². The maximum atomic E-state index is 11.3. The Hall–Kier alpha value is -1.49. The van der Waals surface area contributed by atoms with E-state index in [-0.39, 0.29) is 11.1 Å². The van der Waals surface area contributed by atoms with E-state index in [0.29, 0.717) is 12.5 Å². The summed E-state index contributed by atoms with van der Waals surface area (Å²) in [5.41, 5.74) is 2.08. The van der Waals surface area contributed by atoms with E-state index in [9.17, 15) is 9.90 Å². The zero-order valence-corrected chi connectivity index (χ0v) is 10.7. The second-order valence-corrected chi connectivity index (χ2v) is 5.83. The van der Waals surface area contributed by atoms with Crippen LogP contribution in [0, 0.1) is 5.41 Å². The lowest BCUT2D eigenvalue weighted by Gasteiger charge is -2.18. The second-order valence-electron chi connectivity index (χ2n) is 5.83. The van der Waals surface area contributed by atoms with Crippen molar-refractivity contribution in [2.24, 2.45) is 5.41 Å². The molecule has 0 bridgehead atoms. The molecule has 5 nitrogen and oxygen atoms in total. The van der Waals surface area contributed by atoms with Crippen LogP contribution in [0.5, 0.6) is 0 Å². The molecule has 0 saturated heterocycles. The molecule has 1 aromatic rings. The lowest BCUT2D eigenvalue weighted by molar-refractivity contribution is 0.0687. The number of hydrogen-bond donors (Lipinski definition) is 2. The molecule has 96 valence electrons. The van der Waals surface area contributed by atoms with Crippen molar-refractivity contribution in [2.75, 3.05) is 6.54 Å². The minimum Gasteiger partial charge on any atom is -0.476 e. The predicted octanol–water partition coefficient (Wildman–Crippen LogP) is 1.33. The van der Waals surface area contributed by atoms with Crippen LogP contribution in [0.15, 0.2) is 0 Å². The molecular formula is C13H17N3O2. The van der Waals surface area contributed by atoms with E-state index in [1.165, 1.54) is 0 Å². The fraction of sp³-hybridized carbons (Fsp3) is 0.615. The fourth-order valence-corrected chi connectivity index (χ4v) is 2.60. The third-order valence-electron chi connectivity index (χ3n) is 3.98. The minimum absolute atomic E-state index is 0.185. The molecule has 1 fully saturated rings. The first-order valence-electron chi connectivity index (χ1n) is 6.33. The summed E-state index contributed by atoms with van der Waals surface area (Å²) in [7, 11) is 0. The standard InChI is InChI=1S/C13H17N3O2/c1-13(2)5-8(13)11-15-9-3-4-14-6-7(9)10(16-11)12(17)18/h8,14H,3-6H2,1-2H3,(H,17,18). The van der Waals surface area contributed by atoms with Gasteiger partial charge in [0.2, 0.25) is 0 Å². The summed E-state index contributed by atoms with van der Waals surface area (Å²) in [5, 5.41) is 12.5. The van der Waals surface area contributed by atoms with Crippen LogP contribution in [0.3, 0.4) is 0 Å². The summed E-state index contributed by atoms with van der Waals surface area (Å²) in [5.74, 6) is 0.0888. The Labute approximate surface area is 106 Å². The van der Waals surface area contributed by atoms with E-state index >= 15 is 0 Å². The molecule has 0 aromatic carbocycles. The first kappa shape index (κ1) is 11.6. The van der Waals surface area contributed by atoms with Gasteiger partial charge in [-0.3, -0.25) is 0 Å². The van der Waals surface area contributed by atoms with Gasteiger partial charge in [0.15, 0.2) is 5.69 Å². The van der Waals surface area contributed by atoms with E-state index < -0.39 is 5.97 Å². The number of aromatic nitrogens is 2. The van der Waals surface area contributed by atoms with Gasteiger partial charge in [-0.1, -0.05) is 13.8 Å². The van der Waals surface area contributed by atoms with Crippen molar-refractivity contribution < 1.29 is 9.90 Å². The van der Waals surface area contributed by atoms with Gasteiger partial charge in [0.25, 0.3) is 0 Å². The van der Waals surface area contributed by atoms with Gasteiger partial charge in [0.1, 0.15) is 5.82 Å². The average molecular weight is 247 g/mol. The van der Waals surface area contributed by atoms with Crippen LogP contribution in [0.1, 0.15) is 53.8 Å². The molecule has 2 heterocycles. The highest BCUT2D eigenvalue weighted by molar-refractivity contribution is 5.87. The third-order valence-corrected chi connectivity index (χ3v) is 3.98. The molecule has 0 spiro atoms. The average Bonchev–Trinajstić information content (AvgIpc) is 2.97. The van der Waals surface area contributed by atoms with E-state index in [1.54, 1.807) is 0 Å². The quantitative estimate of drug-likeness (QED) is 0.824. The van der Waals surface area contributed by atoms with Crippen LogP contribution >= 0.6 is 0 Å². The Morgan fingerprint density at radius 3 is 2.78 bits per heavy atom. The largest absolute Gasteiger partial charge is 0.476 e. The highest BCUT2D eigenvalue weighted by Gasteiger charge is 2.49. The zero-order chi connectivity index (χ0) is 12.9. The summed E-state index contributed by atoms with van der Waals surface area (Å²) >= 11 is 0. The lowest BCUT2D eigenvalue weighted by atomic mass is 10.0. The number of carboxylic acid groups (broad SMARTS) is 1. The van der Waals surface area contributed by atoms with E-state index in [4.69, 9.17) is 0 Å². The molecule has 1 saturated carbocycles. The van der Waals surface area contributed by atoms with Crippen molar-refractivity contribution in [3.8, 4) is 0 Å². The molecule has 2 aliphatic rings. The SMILES string of the molecule is CC1(C)CC1c1nc2c(c(C(=O)O)n1)CNCC2. The summed E-state index contributed by atoms with van der Waals surface area (Å²) in [6.07, 6.45) is 1.83. The number of carbonyl (C=O) groups is 1. The van der Waals surface area contributed by atoms with Gasteiger partial charge < -0.3 is 10.4 Å². The fourth-order valence-electron chi connectivity index (χ4n) is 2.60. The number of nitrogens with zero attached hydrogens (tertiary/aromatic N) is 2. The van der Waals surface area contributed by atoms with Crippen LogP contribution in [0.2, 0.25) is 0 Å². The number of aromatic carboxylic acids is 1. The van der Waals surface area contributed by atoms with Gasteiger partial charge in [-0.15, -0.1) is 0 Å². The molecular weight excluding hydrogens is 230 g/mol. The Balaban J connectivity index is 2.07. The maximum Gasteiger partial charge on any atom is 0.354 e. The molecule has 18 heavy (non-hydrogen) atoms. The number of carboxylic acids is 1. The molecule has 3 rings (SSSR count). The van der Waals surface area contributed by atoms with Crippen LogP contribution in [0.25, 0.3) is 0 Å². The lowest BCUT2D eigenvalue weighted by Crippen LogP contribution is -2.28. The zero-order valence-electron chi connectivity index (χ0n) is 10.7. The normalized spacial score (nSPS) is 24.4. The van der Waals surface area contributed by atoms with Crippen molar-refractivity contribution in [1.29, 1.82) is 0 Å². The topological polar surface area (TPSA) is 75.1 Å². The molecule has 1 unspecified atom stereocenters.